The topological polar surface area (TPSA) is 48.1 Å². The van der Waals surface area contributed by atoms with Gasteiger partial charge in [-0.3, -0.25) is 4.98 Å². The molecule has 0 radical (unpaired) electrons. The molecule has 1 aromatic heterocycles. The molecule has 0 aliphatic rings. The van der Waals surface area contributed by atoms with Crippen LogP contribution in [-0.2, 0) is 0 Å². The number of rotatable bonds is 4. The third-order valence-electron chi connectivity index (χ3n) is 1.84. The molecule has 2 N–H and O–H groups in total. The van der Waals surface area contributed by atoms with E-state index >= 15 is 0 Å². The number of nitrogens with zero attached hydrogens (tertiary/aromatic N) is 1. The molecule has 0 amide bonds. The Morgan fingerprint density at radius 1 is 1.54 bits per heavy atom. The van der Waals surface area contributed by atoms with Crippen LogP contribution >= 0.6 is 0 Å². The summed E-state index contributed by atoms with van der Waals surface area (Å²) >= 11 is 0. The van der Waals surface area contributed by atoms with Crippen LogP contribution in [0.25, 0.3) is 0 Å². The number of nitrogens with two attached hydrogens (primary N) is 1. The van der Waals surface area contributed by atoms with Gasteiger partial charge in [0.1, 0.15) is 12.4 Å². The minimum absolute atomic E-state index is 0.112. The lowest BCUT2D eigenvalue weighted by atomic mass is 10.2. The van der Waals surface area contributed by atoms with Crippen molar-refractivity contribution in [1.29, 1.82) is 0 Å². The van der Waals surface area contributed by atoms with Crippen LogP contribution in [0.15, 0.2) is 18.5 Å². The minimum Gasteiger partial charge on any atom is -0.490 e. The third kappa shape index (κ3) is 3.42. The van der Waals surface area contributed by atoms with Crippen molar-refractivity contribution >= 4 is 0 Å². The van der Waals surface area contributed by atoms with Crippen LogP contribution in [-0.4, -0.2) is 17.6 Å². The van der Waals surface area contributed by atoms with E-state index in [9.17, 15) is 0 Å². The predicted molar refractivity (Wildman–Crippen MR) is 52.7 cm³/mol. The van der Waals surface area contributed by atoms with Crippen molar-refractivity contribution in [2.75, 3.05) is 6.61 Å². The molecule has 0 aliphatic carbocycles. The van der Waals surface area contributed by atoms with E-state index in [1.54, 1.807) is 12.4 Å². The van der Waals surface area contributed by atoms with E-state index in [2.05, 4.69) is 4.98 Å². The number of aromatic nitrogens is 1. The van der Waals surface area contributed by atoms with Crippen molar-refractivity contribution < 1.29 is 4.74 Å². The van der Waals surface area contributed by atoms with Crippen LogP contribution in [0.2, 0.25) is 0 Å². The van der Waals surface area contributed by atoms with E-state index in [1.807, 2.05) is 19.9 Å². The lowest BCUT2D eigenvalue weighted by Crippen LogP contribution is -2.26. The van der Waals surface area contributed by atoms with Crippen molar-refractivity contribution in [3.05, 3.63) is 24.0 Å². The molecule has 1 unspecified atom stereocenters. The normalized spacial score (nSPS) is 12.5. The van der Waals surface area contributed by atoms with Crippen molar-refractivity contribution in [3.8, 4) is 5.75 Å². The number of hydrogen-bond donors (Lipinski definition) is 1. The van der Waals surface area contributed by atoms with Gasteiger partial charge in [-0.1, -0.05) is 6.92 Å². The smallest absolute Gasteiger partial charge is 0.137 e. The van der Waals surface area contributed by atoms with E-state index in [4.69, 9.17) is 10.5 Å². The summed E-state index contributed by atoms with van der Waals surface area (Å²) in [4.78, 5) is 4.02. The maximum atomic E-state index is 5.71. The summed E-state index contributed by atoms with van der Waals surface area (Å²) < 4.78 is 5.45. The molecular formula is C10H16N2O. The van der Waals surface area contributed by atoms with Gasteiger partial charge in [-0.15, -0.1) is 0 Å². The van der Waals surface area contributed by atoms with Crippen LogP contribution in [0.5, 0.6) is 5.75 Å². The zero-order chi connectivity index (χ0) is 9.68. The maximum absolute atomic E-state index is 5.71. The molecule has 3 nitrogen and oxygen atoms in total. The van der Waals surface area contributed by atoms with Gasteiger partial charge < -0.3 is 10.5 Å². The van der Waals surface area contributed by atoms with Gasteiger partial charge >= 0.3 is 0 Å². The fraction of sp³-hybridized carbons (Fsp3) is 0.500. The van der Waals surface area contributed by atoms with E-state index < -0.39 is 0 Å². The highest BCUT2D eigenvalue weighted by atomic mass is 16.5. The molecule has 0 aliphatic heterocycles. The zero-order valence-electron chi connectivity index (χ0n) is 8.16. The highest BCUT2D eigenvalue weighted by Crippen LogP contribution is 2.10. The summed E-state index contributed by atoms with van der Waals surface area (Å²) in [5.74, 6) is 0.795. The van der Waals surface area contributed by atoms with Crippen molar-refractivity contribution in [2.24, 2.45) is 5.73 Å². The maximum Gasteiger partial charge on any atom is 0.137 e. The van der Waals surface area contributed by atoms with E-state index in [1.165, 1.54) is 0 Å². The largest absolute Gasteiger partial charge is 0.490 e. The van der Waals surface area contributed by atoms with Crippen LogP contribution in [0.4, 0.5) is 0 Å². The summed E-state index contributed by atoms with van der Waals surface area (Å²) in [6.45, 7) is 4.59. The molecule has 1 aromatic rings. The fourth-order valence-electron chi connectivity index (χ4n) is 0.927. The van der Waals surface area contributed by atoms with Gasteiger partial charge in [0.15, 0.2) is 0 Å². The summed E-state index contributed by atoms with van der Waals surface area (Å²) in [5, 5.41) is 0. The Balaban J connectivity index is 2.45. The Morgan fingerprint density at radius 2 is 2.31 bits per heavy atom. The van der Waals surface area contributed by atoms with Gasteiger partial charge in [0.05, 0.1) is 6.20 Å². The van der Waals surface area contributed by atoms with Gasteiger partial charge in [0.2, 0.25) is 0 Å². The number of pyridine rings is 1. The predicted octanol–water partition coefficient (Wildman–Crippen LogP) is 1.51. The average molecular weight is 180 g/mol. The van der Waals surface area contributed by atoms with Crippen molar-refractivity contribution in [2.45, 2.75) is 26.3 Å². The Labute approximate surface area is 78.9 Å². The van der Waals surface area contributed by atoms with E-state index in [0.717, 1.165) is 17.7 Å². The molecule has 1 rings (SSSR count). The van der Waals surface area contributed by atoms with E-state index in [-0.39, 0.29) is 6.04 Å². The highest BCUT2D eigenvalue weighted by molar-refractivity contribution is 5.22. The molecule has 0 fully saturated rings. The van der Waals surface area contributed by atoms with Gasteiger partial charge in [-0.2, -0.15) is 0 Å². The summed E-state index contributed by atoms with van der Waals surface area (Å²) in [5.41, 5.74) is 6.81. The number of hydrogen-bond acceptors (Lipinski definition) is 3. The van der Waals surface area contributed by atoms with Crippen molar-refractivity contribution in [1.82, 2.24) is 4.98 Å². The number of aryl methyl sites for hydroxylation is 1. The number of ether oxygens (including phenoxy) is 1. The van der Waals surface area contributed by atoms with Crippen LogP contribution in [0.1, 0.15) is 18.9 Å². The lowest BCUT2D eigenvalue weighted by Gasteiger charge is -2.10. The monoisotopic (exact) mass is 180 g/mol. The van der Waals surface area contributed by atoms with Gasteiger partial charge in [-0.05, 0) is 25.0 Å². The Kier molecular flexibility index (Phi) is 3.71. The molecule has 3 heteroatoms. The Morgan fingerprint density at radius 3 is 2.92 bits per heavy atom. The summed E-state index contributed by atoms with van der Waals surface area (Å²) in [6, 6.07) is 2.07. The van der Waals surface area contributed by atoms with Crippen LogP contribution in [0, 0.1) is 6.92 Å². The second kappa shape index (κ2) is 4.82. The molecule has 0 bridgehead atoms. The quantitative estimate of drug-likeness (QED) is 0.764. The molecule has 13 heavy (non-hydrogen) atoms. The van der Waals surface area contributed by atoms with Gasteiger partial charge in [-0.25, -0.2) is 0 Å². The molecule has 0 aromatic carbocycles. The third-order valence-corrected chi connectivity index (χ3v) is 1.84. The zero-order valence-corrected chi connectivity index (χ0v) is 8.16. The van der Waals surface area contributed by atoms with Crippen LogP contribution in [0.3, 0.4) is 0 Å². The molecule has 0 spiro atoms. The Bertz CT molecular complexity index is 263. The molecule has 0 saturated heterocycles. The van der Waals surface area contributed by atoms with Gasteiger partial charge in [0, 0.05) is 12.2 Å². The SMILES string of the molecule is CCC(N)COc1cncc(C)c1. The summed E-state index contributed by atoms with van der Waals surface area (Å²) in [7, 11) is 0. The first-order valence-corrected chi connectivity index (χ1v) is 4.52. The fourth-order valence-corrected chi connectivity index (χ4v) is 0.927. The molecule has 72 valence electrons. The van der Waals surface area contributed by atoms with E-state index in [0.29, 0.717) is 6.61 Å². The molecular weight excluding hydrogens is 164 g/mol. The Hall–Kier alpha value is -1.09. The average Bonchev–Trinajstić information content (AvgIpc) is 2.14. The summed E-state index contributed by atoms with van der Waals surface area (Å²) in [6.07, 6.45) is 4.43. The molecule has 1 atom stereocenters. The lowest BCUT2D eigenvalue weighted by molar-refractivity contribution is 0.284. The first kappa shape index (κ1) is 9.99. The van der Waals surface area contributed by atoms with Crippen LogP contribution < -0.4 is 10.5 Å². The first-order valence-electron chi connectivity index (χ1n) is 4.52. The first-order chi connectivity index (χ1) is 6.22. The highest BCUT2D eigenvalue weighted by Gasteiger charge is 2.00. The second-order valence-electron chi connectivity index (χ2n) is 3.18. The van der Waals surface area contributed by atoms with Gasteiger partial charge in [0.25, 0.3) is 0 Å². The second-order valence-corrected chi connectivity index (χ2v) is 3.18. The standard InChI is InChI=1S/C10H16N2O/c1-3-9(11)7-13-10-4-8(2)5-12-6-10/h4-6,9H,3,7,11H2,1-2H3. The van der Waals surface area contributed by atoms with Crippen molar-refractivity contribution in [3.63, 3.8) is 0 Å². The minimum atomic E-state index is 0.112. The molecule has 0 saturated carbocycles. The molecule has 1 heterocycles.